The van der Waals surface area contributed by atoms with E-state index in [9.17, 15) is 0 Å². The van der Waals surface area contributed by atoms with Crippen LogP contribution in [0.1, 0.15) is 0 Å². The number of benzene rings is 1. The first-order valence-corrected chi connectivity index (χ1v) is 5.96. The molecule has 0 amide bonds. The molecule has 0 saturated heterocycles. The second-order valence-electron chi connectivity index (χ2n) is 3.72. The average molecular weight is 415 g/mol. The number of aromatic nitrogens is 2. The Balaban J connectivity index is 0.000000902. The third-order valence-electron chi connectivity index (χ3n) is 2.88. The van der Waals surface area contributed by atoms with Crippen molar-refractivity contribution >= 4 is 38.0 Å². The van der Waals surface area contributed by atoms with E-state index in [2.05, 4.69) is 39.7 Å². The zero-order valence-electron chi connectivity index (χ0n) is 8.68. The minimum absolute atomic E-state index is 0. The Kier molecular flexibility index (Phi) is 2.51. The van der Waals surface area contributed by atoms with Gasteiger partial charge in [-0.25, -0.2) is 11.3 Å². The first-order chi connectivity index (χ1) is 7.95. The van der Waals surface area contributed by atoms with Crippen LogP contribution in [0.15, 0.2) is 42.0 Å². The van der Waals surface area contributed by atoms with E-state index in [4.69, 9.17) is 0 Å². The largest absolute Gasteiger partial charge is 0.354 e. The first kappa shape index (κ1) is 10.9. The summed E-state index contributed by atoms with van der Waals surface area (Å²) in [4.78, 5) is 4.41. The molecular formula is C13H7IrN2S-. The monoisotopic (exact) mass is 416 g/mol. The molecule has 0 N–H and O–H groups in total. The Hall–Kier alpha value is -1.22. The van der Waals surface area contributed by atoms with Gasteiger partial charge in [0.1, 0.15) is 0 Å². The maximum Gasteiger partial charge on any atom is 0.0327 e. The summed E-state index contributed by atoms with van der Waals surface area (Å²) in [5, 5.41) is 4.40. The molecule has 0 fully saturated rings. The van der Waals surface area contributed by atoms with Gasteiger partial charge in [0, 0.05) is 43.7 Å². The molecule has 1 radical (unpaired) electrons. The first-order valence-electron chi connectivity index (χ1n) is 5.08. The molecule has 2 nitrogen and oxygen atoms in total. The molecule has 0 aliphatic rings. The maximum absolute atomic E-state index is 4.41. The van der Waals surface area contributed by atoms with E-state index in [0.717, 1.165) is 11.0 Å². The molecule has 85 valence electrons. The van der Waals surface area contributed by atoms with E-state index in [1.165, 1.54) is 15.6 Å². The van der Waals surface area contributed by atoms with Gasteiger partial charge in [0.2, 0.25) is 0 Å². The maximum atomic E-state index is 4.41. The van der Waals surface area contributed by atoms with Crippen LogP contribution in [0.25, 0.3) is 26.6 Å². The Labute approximate surface area is 115 Å². The minimum atomic E-state index is 0. The Bertz CT molecular complexity index is 747. The van der Waals surface area contributed by atoms with Crippen LogP contribution in [0.2, 0.25) is 0 Å². The summed E-state index contributed by atoms with van der Waals surface area (Å²) in [5.41, 5.74) is 2.20. The van der Waals surface area contributed by atoms with E-state index in [-0.39, 0.29) is 20.1 Å². The number of hydrogen-bond acceptors (Lipinski definition) is 2. The van der Waals surface area contributed by atoms with Crippen LogP contribution in [0.3, 0.4) is 0 Å². The molecular weight excluding hydrogens is 408 g/mol. The van der Waals surface area contributed by atoms with Gasteiger partial charge >= 0.3 is 0 Å². The minimum Gasteiger partial charge on any atom is -0.354 e. The van der Waals surface area contributed by atoms with Gasteiger partial charge in [0.05, 0.1) is 0 Å². The fourth-order valence-corrected chi connectivity index (χ4v) is 3.06. The molecule has 0 unspecified atom stereocenters. The van der Waals surface area contributed by atoms with Crippen molar-refractivity contribution in [3.63, 3.8) is 0 Å². The van der Waals surface area contributed by atoms with Crippen LogP contribution in [0.5, 0.6) is 0 Å². The number of imidazole rings is 1. The van der Waals surface area contributed by atoms with Crippen molar-refractivity contribution in [2.75, 3.05) is 0 Å². The van der Waals surface area contributed by atoms with Crippen molar-refractivity contribution in [1.82, 2.24) is 9.38 Å². The molecule has 0 atom stereocenters. The number of nitrogens with zero attached hydrogens (tertiary/aromatic N) is 2. The Morgan fingerprint density at radius 1 is 1.24 bits per heavy atom. The number of rotatable bonds is 0. The Morgan fingerprint density at radius 2 is 2.12 bits per heavy atom. The van der Waals surface area contributed by atoms with Gasteiger partial charge in [-0.2, -0.15) is 6.07 Å². The summed E-state index contributed by atoms with van der Waals surface area (Å²) < 4.78 is 3.40. The summed E-state index contributed by atoms with van der Waals surface area (Å²) in [6.07, 6.45) is 3.84. The summed E-state index contributed by atoms with van der Waals surface area (Å²) in [5.74, 6) is 0. The summed E-state index contributed by atoms with van der Waals surface area (Å²) in [6.45, 7) is 0. The van der Waals surface area contributed by atoms with Crippen molar-refractivity contribution in [1.29, 1.82) is 0 Å². The topological polar surface area (TPSA) is 17.3 Å². The van der Waals surface area contributed by atoms with Gasteiger partial charge in [-0.15, -0.1) is 5.39 Å². The van der Waals surface area contributed by atoms with Gasteiger partial charge in [0.25, 0.3) is 0 Å². The van der Waals surface area contributed by atoms with Crippen LogP contribution in [0, 0.1) is 6.07 Å². The van der Waals surface area contributed by atoms with E-state index in [0.29, 0.717) is 0 Å². The number of pyridine rings is 1. The standard InChI is InChI=1S/C13H7N2S.Ir/c1-2-4-11-9(3-1)12-10(5-8-16-12)13-14-6-7-15(11)13;/h1-4,6-8H;/q-1;. The third-order valence-corrected chi connectivity index (χ3v) is 3.78. The van der Waals surface area contributed by atoms with E-state index < -0.39 is 0 Å². The van der Waals surface area contributed by atoms with Crippen molar-refractivity contribution < 1.29 is 20.1 Å². The molecule has 0 aliphatic carbocycles. The fraction of sp³-hybridized carbons (Fsp3) is 0. The SMILES string of the molecule is [Ir].[c-]1csc2c1c1nccn1c1ccccc21. The fourth-order valence-electron chi connectivity index (χ4n) is 2.19. The zero-order chi connectivity index (χ0) is 10.5. The van der Waals surface area contributed by atoms with Crippen LogP contribution in [0.4, 0.5) is 0 Å². The molecule has 3 heterocycles. The van der Waals surface area contributed by atoms with Crippen molar-refractivity contribution in [3.05, 3.63) is 48.1 Å². The summed E-state index contributed by atoms with van der Waals surface area (Å²) in [6, 6.07) is 11.7. The molecule has 1 aromatic carbocycles. The van der Waals surface area contributed by atoms with E-state index in [1.807, 2.05) is 17.8 Å². The summed E-state index contributed by atoms with van der Waals surface area (Å²) >= 11 is 1.73. The second kappa shape index (κ2) is 3.91. The molecule has 17 heavy (non-hydrogen) atoms. The predicted octanol–water partition coefficient (Wildman–Crippen LogP) is 3.50. The summed E-state index contributed by atoms with van der Waals surface area (Å²) in [7, 11) is 0. The number of fused-ring (bicyclic) bond motifs is 6. The van der Waals surface area contributed by atoms with Crippen LogP contribution >= 0.6 is 11.3 Å². The van der Waals surface area contributed by atoms with Crippen LogP contribution in [-0.2, 0) is 20.1 Å². The molecule has 3 aromatic heterocycles. The molecule has 4 heteroatoms. The second-order valence-corrected chi connectivity index (χ2v) is 4.60. The normalized spacial score (nSPS) is 11.1. The Morgan fingerprint density at radius 3 is 3.06 bits per heavy atom. The molecule has 0 saturated carbocycles. The number of thiophene rings is 1. The van der Waals surface area contributed by atoms with Gasteiger partial charge in [-0.05, 0) is 11.5 Å². The quantitative estimate of drug-likeness (QED) is 0.402. The third kappa shape index (κ3) is 1.38. The molecule has 0 aliphatic heterocycles. The van der Waals surface area contributed by atoms with Crippen molar-refractivity contribution in [2.24, 2.45) is 0 Å². The van der Waals surface area contributed by atoms with E-state index >= 15 is 0 Å². The van der Waals surface area contributed by atoms with Gasteiger partial charge < -0.3 is 9.38 Å². The van der Waals surface area contributed by atoms with Gasteiger partial charge in [0.15, 0.2) is 0 Å². The molecule has 4 aromatic rings. The predicted molar refractivity (Wildman–Crippen MR) is 66.9 cm³/mol. The van der Waals surface area contributed by atoms with E-state index in [1.54, 1.807) is 11.3 Å². The molecule has 4 rings (SSSR count). The van der Waals surface area contributed by atoms with Crippen LogP contribution in [-0.4, -0.2) is 9.38 Å². The van der Waals surface area contributed by atoms with Crippen molar-refractivity contribution in [2.45, 2.75) is 0 Å². The zero-order valence-corrected chi connectivity index (χ0v) is 11.9. The van der Waals surface area contributed by atoms with Crippen LogP contribution < -0.4 is 0 Å². The van der Waals surface area contributed by atoms with Crippen molar-refractivity contribution in [3.8, 4) is 0 Å². The average Bonchev–Trinajstić information content (AvgIpc) is 2.98. The smallest absolute Gasteiger partial charge is 0.0327 e. The molecule has 0 bridgehead atoms. The molecule has 0 spiro atoms. The number of para-hydroxylation sites is 1. The number of hydrogen-bond donors (Lipinski definition) is 0. The van der Waals surface area contributed by atoms with Gasteiger partial charge in [-0.1, -0.05) is 28.3 Å². The van der Waals surface area contributed by atoms with Gasteiger partial charge in [-0.3, -0.25) is 0 Å².